The third-order valence-corrected chi connectivity index (χ3v) is 4.63. The van der Waals surface area contributed by atoms with Crippen LogP contribution in [0.3, 0.4) is 0 Å². The SMILES string of the molecule is CCOC(=O)c1ccc(N2CCCCC2)cc1-c1ccc(Cl)cc1. The first-order valence-electron chi connectivity index (χ1n) is 8.51. The van der Waals surface area contributed by atoms with E-state index in [1.165, 1.54) is 19.3 Å². The van der Waals surface area contributed by atoms with Crippen molar-refractivity contribution in [3.8, 4) is 11.1 Å². The number of piperidine rings is 1. The Morgan fingerprint density at radius 2 is 1.79 bits per heavy atom. The molecule has 0 radical (unpaired) electrons. The first-order chi connectivity index (χ1) is 11.7. The van der Waals surface area contributed by atoms with E-state index < -0.39 is 0 Å². The Hall–Kier alpha value is -2.00. The molecular weight excluding hydrogens is 322 g/mol. The summed E-state index contributed by atoms with van der Waals surface area (Å²) in [6.45, 7) is 4.33. The Kier molecular flexibility index (Phi) is 5.41. The predicted octanol–water partition coefficient (Wildman–Crippen LogP) is 5.17. The van der Waals surface area contributed by atoms with E-state index in [-0.39, 0.29) is 5.97 Å². The van der Waals surface area contributed by atoms with E-state index >= 15 is 0 Å². The first-order valence-corrected chi connectivity index (χ1v) is 8.89. The summed E-state index contributed by atoms with van der Waals surface area (Å²) < 4.78 is 5.22. The van der Waals surface area contributed by atoms with Gasteiger partial charge in [0.15, 0.2) is 0 Å². The number of halogens is 1. The van der Waals surface area contributed by atoms with Crippen molar-refractivity contribution in [2.75, 3.05) is 24.6 Å². The highest BCUT2D eigenvalue weighted by Gasteiger charge is 2.18. The summed E-state index contributed by atoms with van der Waals surface area (Å²) in [7, 11) is 0. The fourth-order valence-electron chi connectivity index (χ4n) is 3.14. The lowest BCUT2D eigenvalue weighted by atomic mass is 9.98. The maximum atomic E-state index is 12.3. The third-order valence-electron chi connectivity index (χ3n) is 4.37. The van der Waals surface area contributed by atoms with Crippen LogP contribution >= 0.6 is 11.6 Å². The molecule has 0 bridgehead atoms. The standard InChI is InChI=1S/C20H22ClNO2/c1-2-24-20(23)18-11-10-17(22-12-4-3-5-13-22)14-19(18)15-6-8-16(21)9-7-15/h6-11,14H,2-5,12-13H2,1H3. The van der Waals surface area contributed by atoms with Gasteiger partial charge < -0.3 is 9.64 Å². The molecule has 0 aliphatic carbocycles. The van der Waals surface area contributed by atoms with Crippen LogP contribution in [0.1, 0.15) is 36.5 Å². The maximum Gasteiger partial charge on any atom is 0.338 e. The molecule has 1 aliphatic rings. The number of esters is 1. The van der Waals surface area contributed by atoms with Gasteiger partial charge in [0.05, 0.1) is 12.2 Å². The van der Waals surface area contributed by atoms with Crippen LogP contribution in [0.5, 0.6) is 0 Å². The van der Waals surface area contributed by atoms with Crippen molar-refractivity contribution in [1.82, 2.24) is 0 Å². The van der Waals surface area contributed by atoms with Crippen LogP contribution in [-0.4, -0.2) is 25.7 Å². The summed E-state index contributed by atoms with van der Waals surface area (Å²) in [5.41, 5.74) is 3.63. The van der Waals surface area contributed by atoms with Crippen molar-refractivity contribution in [2.24, 2.45) is 0 Å². The average Bonchev–Trinajstić information content (AvgIpc) is 2.63. The molecule has 0 atom stereocenters. The van der Waals surface area contributed by atoms with Gasteiger partial charge in [-0.05, 0) is 67.6 Å². The van der Waals surface area contributed by atoms with Gasteiger partial charge in [0, 0.05) is 23.8 Å². The number of ether oxygens (including phenoxy) is 1. The van der Waals surface area contributed by atoms with Crippen molar-refractivity contribution in [3.63, 3.8) is 0 Å². The minimum absolute atomic E-state index is 0.285. The van der Waals surface area contributed by atoms with Crippen molar-refractivity contribution in [3.05, 3.63) is 53.1 Å². The average molecular weight is 344 g/mol. The first kappa shape index (κ1) is 16.8. The van der Waals surface area contributed by atoms with Gasteiger partial charge in [0.1, 0.15) is 0 Å². The van der Waals surface area contributed by atoms with Gasteiger partial charge in [-0.15, -0.1) is 0 Å². The zero-order valence-corrected chi connectivity index (χ0v) is 14.7. The van der Waals surface area contributed by atoms with Crippen molar-refractivity contribution in [2.45, 2.75) is 26.2 Å². The molecule has 0 saturated carbocycles. The number of carbonyl (C=O) groups excluding carboxylic acids is 1. The molecule has 0 amide bonds. The van der Waals surface area contributed by atoms with Gasteiger partial charge in [-0.25, -0.2) is 4.79 Å². The van der Waals surface area contributed by atoms with E-state index in [1.54, 1.807) is 0 Å². The van der Waals surface area contributed by atoms with Crippen LogP contribution in [0.2, 0.25) is 5.02 Å². The highest BCUT2D eigenvalue weighted by Crippen LogP contribution is 2.31. The van der Waals surface area contributed by atoms with Gasteiger partial charge in [-0.2, -0.15) is 0 Å². The van der Waals surface area contributed by atoms with E-state index in [9.17, 15) is 4.79 Å². The predicted molar refractivity (Wildman–Crippen MR) is 98.9 cm³/mol. The second-order valence-corrected chi connectivity index (χ2v) is 6.44. The van der Waals surface area contributed by atoms with E-state index in [2.05, 4.69) is 11.0 Å². The van der Waals surface area contributed by atoms with Crippen LogP contribution < -0.4 is 4.90 Å². The molecule has 2 aromatic rings. The fourth-order valence-corrected chi connectivity index (χ4v) is 3.26. The third kappa shape index (κ3) is 3.73. The van der Waals surface area contributed by atoms with Gasteiger partial charge in [0.25, 0.3) is 0 Å². The Balaban J connectivity index is 2.02. The molecule has 0 aromatic heterocycles. The molecule has 1 fully saturated rings. The summed E-state index contributed by atoms with van der Waals surface area (Å²) >= 11 is 6.00. The van der Waals surface area contributed by atoms with E-state index in [0.717, 1.165) is 29.9 Å². The highest BCUT2D eigenvalue weighted by molar-refractivity contribution is 6.30. The van der Waals surface area contributed by atoms with Crippen LogP contribution in [0, 0.1) is 0 Å². The number of nitrogens with zero attached hydrogens (tertiary/aromatic N) is 1. The molecule has 0 unspecified atom stereocenters. The van der Waals surface area contributed by atoms with E-state index in [0.29, 0.717) is 17.2 Å². The molecule has 3 nitrogen and oxygen atoms in total. The van der Waals surface area contributed by atoms with Gasteiger partial charge >= 0.3 is 5.97 Å². The molecule has 0 N–H and O–H groups in total. The lowest BCUT2D eigenvalue weighted by Gasteiger charge is -2.29. The second-order valence-electron chi connectivity index (χ2n) is 6.00. The lowest BCUT2D eigenvalue weighted by molar-refractivity contribution is 0.0527. The van der Waals surface area contributed by atoms with Gasteiger partial charge in [-0.1, -0.05) is 23.7 Å². The van der Waals surface area contributed by atoms with Crippen LogP contribution in [0.25, 0.3) is 11.1 Å². The number of rotatable bonds is 4. The summed E-state index contributed by atoms with van der Waals surface area (Å²) in [6, 6.07) is 13.6. The zero-order valence-electron chi connectivity index (χ0n) is 13.9. The highest BCUT2D eigenvalue weighted by atomic mass is 35.5. The molecule has 2 aromatic carbocycles. The van der Waals surface area contributed by atoms with Gasteiger partial charge in [0.2, 0.25) is 0 Å². The Labute approximate surface area is 148 Å². The smallest absolute Gasteiger partial charge is 0.338 e. The van der Waals surface area contributed by atoms with E-state index in [1.807, 2.05) is 43.3 Å². The molecule has 1 saturated heterocycles. The van der Waals surface area contributed by atoms with Crippen molar-refractivity contribution >= 4 is 23.3 Å². The van der Waals surface area contributed by atoms with Crippen molar-refractivity contribution < 1.29 is 9.53 Å². The summed E-state index contributed by atoms with van der Waals surface area (Å²) in [5, 5.41) is 0.684. The summed E-state index contributed by atoms with van der Waals surface area (Å²) in [6.07, 6.45) is 3.73. The Morgan fingerprint density at radius 3 is 2.46 bits per heavy atom. The topological polar surface area (TPSA) is 29.5 Å². The summed E-state index contributed by atoms with van der Waals surface area (Å²) in [4.78, 5) is 14.7. The van der Waals surface area contributed by atoms with Crippen LogP contribution in [0.4, 0.5) is 5.69 Å². The molecular formula is C20H22ClNO2. The Bertz CT molecular complexity index is 706. The molecule has 24 heavy (non-hydrogen) atoms. The van der Waals surface area contributed by atoms with Gasteiger partial charge in [-0.3, -0.25) is 0 Å². The number of anilines is 1. The number of hydrogen-bond acceptors (Lipinski definition) is 3. The monoisotopic (exact) mass is 343 g/mol. The minimum atomic E-state index is -0.285. The molecule has 1 heterocycles. The van der Waals surface area contributed by atoms with Crippen LogP contribution in [0.15, 0.2) is 42.5 Å². The number of hydrogen-bond donors (Lipinski definition) is 0. The quantitative estimate of drug-likeness (QED) is 0.717. The maximum absolute atomic E-state index is 12.3. The normalized spacial score (nSPS) is 14.5. The minimum Gasteiger partial charge on any atom is -0.462 e. The number of benzene rings is 2. The molecule has 0 spiro atoms. The molecule has 126 valence electrons. The Morgan fingerprint density at radius 1 is 1.08 bits per heavy atom. The molecule has 4 heteroatoms. The molecule has 1 aliphatic heterocycles. The lowest BCUT2D eigenvalue weighted by Crippen LogP contribution is -2.29. The van der Waals surface area contributed by atoms with Crippen LogP contribution in [-0.2, 0) is 4.74 Å². The fraction of sp³-hybridized carbons (Fsp3) is 0.350. The second kappa shape index (κ2) is 7.71. The largest absolute Gasteiger partial charge is 0.462 e. The zero-order chi connectivity index (χ0) is 16.9. The van der Waals surface area contributed by atoms with E-state index in [4.69, 9.17) is 16.3 Å². The number of carbonyl (C=O) groups is 1. The van der Waals surface area contributed by atoms with Crippen molar-refractivity contribution in [1.29, 1.82) is 0 Å². The molecule has 3 rings (SSSR count). The summed E-state index contributed by atoms with van der Waals surface area (Å²) in [5.74, 6) is -0.285.